The number of nitrogens with one attached hydrogen (secondary N) is 1. The number of amides is 1. The number of hydrogen-bond acceptors (Lipinski definition) is 10. The molecule has 0 aliphatic carbocycles. The summed E-state index contributed by atoms with van der Waals surface area (Å²) in [5, 5.41) is 9.89. The Hall–Kier alpha value is -3.90. The molecule has 0 bridgehead atoms. The van der Waals surface area contributed by atoms with Gasteiger partial charge in [-0.1, -0.05) is 12.1 Å². The van der Waals surface area contributed by atoms with Gasteiger partial charge in [-0.15, -0.1) is 0 Å². The fourth-order valence-electron chi connectivity index (χ4n) is 5.35. The first-order valence-corrected chi connectivity index (χ1v) is 12.9. The van der Waals surface area contributed by atoms with Gasteiger partial charge in [-0.2, -0.15) is 0 Å². The molecule has 0 radical (unpaired) electrons. The van der Waals surface area contributed by atoms with Gasteiger partial charge in [0.1, 0.15) is 11.7 Å². The lowest BCUT2D eigenvalue weighted by molar-refractivity contribution is -0.140. The molecular weight excluding hydrogens is 505 g/mol. The van der Waals surface area contributed by atoms with Crippen molar-refractivity contribution < 1.29 is 23.9 Å². The highest BCUT2D eigenvalue weighted by Gasteiger charge is 2.39. The molecule has 11 nitrogen and oxygen atoms in total. The van der Waals surface area contributed by atoms with Crippen molar-refractivity contribution in [1.82, 2.24) is 15.4 Å². The highest BCUT2D eigenvalue weighted by molar-refractivity contribution is 6.11. The lowest BCUT2D eigenvalue weighted by Gasteiger charge is -2.35. The molecule has 4 atom stereocenters. The number of guanidine groups is 1. The zero-order valence-corrected chi connectivity index (χ0v) is 21.9. The first-order chi connectivity index (χ1) is 18.8. The third-order valence-electron chi connectivity index (χ3n) is 7.18. The van der Waals surface area contributed by atoms with Crippen molar-refractivity contribution in [2.45, 2.75) is 44.4 Å². The SMILES string of the molecule is COc1cccc(-c2cc(F)ccc2C2C[C@H]3N=C(N)N=C(C)C3C(NOCC(=O)N3CCC[C@H](O)C3)=N2)n1. The second-order valence-corrected chi connectivity index (χ2v) is 9.87. The van der Waals surface area contributed by atoms with E-state index in [-0.39, 0.29) is 30.4 Å². The normalized spacial score (nSPS) is 24.7. The number of aliphatic hydroxyl groups is 1. The average Bonchev–Trinajstić information content (AvgIpc) is 2.92. The van der Waals surface area contributed by atoms with Gasteiger partial charge in [0.25, 0.3) is 5.91 Å². The van der Waals surface area contributed by atoms with E-state index in [9.17, 15) is 14.3 Å². The van der Waals surface area contributed by atoms with E-state index in [0.29, 0.717) is 48.9 Å². The van der Waals surface area contributed by atoms with Crippen LogP contribution in [0.3, 0.4) is 0 Å². The summed E-state index contributed by atoms with van der Waals surface area (Å²) in [6, 6.07) is 9.09. The predicted molar refractivity (Wildman–Crippen MR) is 144 cm³/mol. The minimum absolute atomic E-state index is 0.183. The van der Waals surface area contributed by atoms with Crippen molar-refractivity contribution in [3.05, 3.63) is 47.8 Å². The lowest BCUT2D eigenvalue weighted by atomic mass is 9.82. The zero-order chi connectivity index (χ0) is 27.5. The molecule has 3 aliphatic rings. The summed E-state index contributed by atoms with van der Waals surface area (Å²) in [6.45, 7) is 2.49. The number of halogens is 1. The van der Waals surface area contributed by atoms with Gasteiger partial charge in [0, 0.05) is 30.4 Å². The van der Waals surface area contributed by atoms with Gasteiger partial charge in [-0.25, -0.2) is 19.4 Å². The summed E-state index contributed by atoms with van der Waals surface area (Å²) in [6.07, 6.45) is 1.41. The van der Waals surface area contributed by atoms with E-state index in [2.05, 4.69) is 20.4 Å². The molecule has 4 N–H and O–H groups in total. The molecule has 2 aromatic rings. The highest BCUT2D eigenvalue weighted by atomic mass is 19.1. The number of likely N-dealkylation sites (tertiary alicyclic amines) is 1. The number of β-amino-alcohol motifs (C(OH)–C–C–N with tert-alkyl or cyclic N) is 1. The quantitative estimate of drug-likeness (QED) is 0.478. The maximum absolute atomic E-state index is 14.4. The largest absolute Gasteiger partial charge is 0.481 e. The molecule has 206 valence electrons. The van der Waals surface area contributed by atoms with E-state index in [1.54, 1.807) is 29.2 Å². The van der Waals surface area contributed by atoms with E-state index in [4.69, 9.17) is 20.3 Å². The Kier molecular flexibility index (Phi) is 7.84. The molecular formula is C27H32FN7O4. The van der Waals surface area contributed by atoms with Crippen molar-refractivity contribution in [3.8, 4) is 17.1 Å². The summed E-state index contributed by atoms with van der Waals surface area (Å²) in [5.74, 6) is 0.0951. The first-order valence-electron chi connectivity index (χ1n) is 12.9. The summed E-state index contributed by atoms with van der Waals surface area (Å²) in [4.78, 5) is 38.2. The number of rotatable bonds is 6. The third-order valence-corrected chi connectivity index (χ3v) is 7.18. The van der Waals surface area contributed by atoms with Crippen LogP contribution < -0.4 is 16.0 Å². The van der Waals surface area contributed by atoms with E-state index in [1.165, 1.54) is 19.2 Å². The number of aromatic nitrogens is 1. The molecule has 1 saturated heterocycles. The highest BCUT2D eigenvalue weighted by Crippen LogP contribution is 2.39. The molecule has 1 aromatic carbocycles. The van der Waals surface area contributed by atoms with Crippen LogP contribution in [0.5, 0.6) is 5.88 Å². The van der Waals surface area contributed by atoms with Crippen molar-refractivity contribution in [2.24, 2.45) is 26.6 Å². The van der Waals surface area contributed by atoms with E-state index in [0.717, 1.165) is 17.7 Å². The minimum Gasteiger partial charge on any atom is -0.481 e. The van der Waals surface area contributed by atoms with Crippen molar-refractivity contribution in [3.63, 3.8) is 0 Å². The Morgan fingerprint density at radius 3 is 2.92 bits per heavy atom. The summed E-state index contributed by atoms with van der Waals surface area (Å²) in [7, 11) is 1.52. The van der Waals surface area contributed by atoms with Gasteiger partial charge in [-0.05, 0) is 49.9 Å². The summed E-state index contributed by atoms with van der Waals surface area (Å²) >= 11 is 0. The number of fused-ring (bicyclic) bond motifs is 1. The number of pyridine rings is 1. The van der Waals surface area contributed by atoms with E-state index >= 15 is 0 Å². The van der Waals surface area contributed by atoms with Crippen molar-refractivity contribution >= 4 is 23.4 Å². The van der Waals surface area contributed by atoms with Crippen molar-refractivity contribution in [2.75, 3.05) is 26.8 Å². The number of amidine groups is 1. The Balaban J connectivity index is 1.43. The Bertz CT molecular complexity index is 1330. The number of ether oxygens (including phenoxy) is 1. The van der Waals surface area contributed by atoms with Crippen LogP contribution >= 0.6 is 0 Å². The van der Waals surface area contributed by atoms with Gasteiger partial charge >= 0.3 is 0 Å². The number of aliphatic hydroxyl groups excluding tert-OH is 1. The molecule has 0 saturated carbocycles. The van der Waals surface area contributed by atoms with Crippen molar-refractivity contribution in [1.29, 1.82) is 0 Å². The maximum atomic E-state index is 14.4. The second kappa shape index (κ2) is 11.5. The third kappa shape index (κ3) is 5.91. The topological polar surface area (TPSA) is 147 Å². The molecule has 1 fully saturated rings. The van der Waals surface area contributed by atoms with Gasteiger partial charge in [-0.3, -0.25) is 20.1 Å². The van der Waals surface area contributed by atoms with Crippen LogP contribution in [0.1, 0.15) is 37.8 Å². The van der Waals surface area contributed by atoms with E-state index < -0.39 is 18.0 Å². The number of nitrogens with zero attached hydrogens (tertiary/aromatic N) is 5. The smallest absolute Gasteiger partial charge is 0.251 e. The van der Waals surface area contributed by atoms with Crippen LogP contribution in [0.25, 0.3) is 11.3 Å². The van der Waals surface area contributed by atoms with Crippen LogP contribution in [0.2, 0.25) is 0 Å². The molecule has 0 spiro atoms. The molecule has 3 aliphatic heterocycles. The number of hydrogen-bond donors (Lipinski definition) is 3. The number of benzene rings is 1. The van der Waals surface area contributed by atoms with E-state index in [1.807, 2.05) is 6.92 Å². The minimum atomic E-state index is -0.520. The molecule has 4 heterocycles. The van der Waals surface area contributed by atoms with Crippen LogP contribution in [0, 0.1) is 11.7 Å². The fraction of sp³-hybridized carbons (Fsp3) is 0.444. The molecule has 12 heteroatoms. The summed E-state index contributed by atoms with van der Waals surface area (Å²) < 4.78 is 19.7. The molecule has 1 amide bonds. The zero-order valence-electron chi connectivity index (χ0n) is 21.9. The molecule has 5 rings (SSSR count). The van der Waals surface area contributed by atoms with Gasteiger partial charge in [0.05, 0.1) is 36.9 Å². The molecule has 2 unspecified atom stereocenters. The molecule has 39 heavy (non-hydrogen) atoms. The van der Waals surface area contributed by atoms with Gasteiger partial charge < -0.3 is 20.5 Å². The van der Waals surface area contributed by atoms with Gasteiger partial charge in [0.15, 0.2) is 6.61 Å². The number of carbonyl (C=O) groups is 1. The Morgan fingerprint density at radius 1 is 1.28 bits per heavy atom. The number of hydroxylamine groups is 1. The van der Waals surface area contributed by atoms with Crippen LogP contribution in [0.4, 0.5) is 4.39 Å². The Labute approximate surface area is 225 Å². The number of piperidine rings is 1. The standard InChI is InChI=1S/C27H32FN7O4/c1-15-25-22(33-27(29)30-15)12-21(32-26(25)34-39-14-24(37)35-10-4-5-17(36)13-35)18-9-8-16(28)11-19(18)20-6-3-7-23(31-20)38-2/h3,6-9,11,17,21-22,25,36H,4-5,10,12-14H2,1-2H3,(H2,29,33)(H,32,34)/t17-,21?,22+,25?/m0/s1. The first kappa shape index (κ1) is 26.7. The maximum Gasteiger partial charge on any atom is 0.251 e. The average molecular weight is 538 g/mol. The molecule has 1 aromatic heterocycles. The van der Waals surface area contributed by atoms with Crippen LogP contribution in [0.15, 0.2) is 51.4 Å². The Morgan fingerprint density at radius 2 is 2.13 bits per heavy atom. The lowest BCUT2D eigenvalue weighted by Crippen LogP contribution is -2.49. The fourth-order valence-corrected chi connectivity index (χ4v) is 5.35. The number of methoxy groups -OCH3 is 1. The predicted octanol–water partition coefficient (Wildman–Crippen LogP) is 2.02. The number of carbonyl (C=O) groups excluding carboxylic acids is 1. The monoisotopic (exact) mass is 537 g/mol. The number of aliphatic imine (C=N–C) groups is 3. The van der Waals surface area contributed by atoms with Crippen LogP contribution in [-0.2, 0) is 9.63 Å². The second-order valence-electron chi connectivity index (χ2n) is 9.87. The van der Waals surface area contributed by atoms with Crippen LogP contribution in [-0.4, -0.2) is 77.4 Å². The number of nitrogens with two attached hydrogens (primary N) is 1. The van der Waals surface area contributed by atoms with Gasteiger partial charge in [0.2, 0.25) is 11.8 Å². The summed E-state index contributed by atoms with van der Waals surface area (Å²) in [5.41, 5.74) is 11.5.